The molecule has 12 heteroatoms. The molecule has 0 saturated heterocycles. The van der Waals surface area contributed by atoms with E-state index in [1.54, 1.807) is 12.4 Å². The molecule has 654 valence electrons. The van der Waals surface area contributed by atoms with Gasteiger partial charge in [-0.1, -0.05) is 357 Å². The Morgan fingerprint density at radius 3 is 1.09 bits per heavy atom. The second kappa shape index (κ2) is 33.2. The van der Waals surface area contributed by atoms with Crippen molar-refractivity contribution >= 4 is 75.3 Å². The molecule has 138 heavy (non-hydrogen) atoms. The molecule has 9 aromatic heterocycles. The Bertz CT molecular complexity index is 8560. The average Bonchev–Trinajstić information content (AvgIpc) is 1.56. The minimum absolute atomic E-state index is 0.236. The molecule has 0 atom stereocenters. The van der Waals surface area contributed by atoms with Crippen LogP contribution in [0.25, 0.3) is 227 Å². The van der Waals surface area contributed by atoms with Gasteiger partial charge in [-0.3, -0.25) is 15.0 Å². The first kappa shape index (κ1) is 82.7. The fourth-order valence-corrected chi connectivity index (χ4v) is 22.8. The van der Waals surface area contributed by atoms with Crippen molar-refractivity contribution in [1.29, 1.82) is 0 Å². The minimum atomic E-state index is -0.249. The topological polar surface area (TPSA) is 134 Å². The van der Waals surface area contributed by atoms with Gasteiger partial charge < -0.3 is 8.98 Å². The molecule has 0 unspecified atom stereocenters. The SMILES string of the molecule is CC1(C)c2ccccc2-c2nc(-c3cccc(-c4cccc5c4oc4ccccc45)c3)nc(-c3ccc(-c4cccnc4)cc3)c21.CC1(C)c2ccccc2-c2nc(-c3cccc(-c4cccc5c4sc4ccccc45)c3)nc(-c3ccc(-c4cccnc4)cc3)c21.CC1(C)c2ccccc2-c2nc(-c3cccc(-n4c5ccccc5c5ccccc54)c3)nc(-c3ccc(-c4ccncc4)cc3)c21. The quantitative estimate of drug-likeness (QED) is 0.116. The van der Waals surface area contributed by atoms with Crippen LogP contribution in [0, 0.1) is 0 Å². The van der Waals surface area contributed by atoms with Crippen LogP contribution in [0.3, 0.4) is 0 Å². The van der Waals surface area contributed by atoms with Crippen molar-refractivity contribution in [2.45, 2.75) is 57.8 Å². The second-order valence-corrected chi connectivity index (χ2v) is 38.5. The summed E-state index contributed by atoms with van der Waals surface area (Å²) in [6.07, 6.45) is 11.1. The minimum Gasteiger partial charge on any atom is -0.455 e. The monoisotopic (exact) mass is 1790 g/mol. The fraction of sp³-hybridized carbons (Fsp3) is 0.0714. The van der Waals surface area contributed by atoms with E-state index in [1.165, 1.54) is 97.6 Å². The summed E-state index contributed by atoms with van der Waals surface area (Å²) < 4.78 is 11.4. The molecule has 0 saturated carbocycles. The Labute approximate surface area is 803 Å². The van der Waals surface area contributed by atoms with Gasteiger partial charge in [-0.25, -0.2) is 29.9 Å². The van der Waals surface area contributed by atoms with Gasteiger partial charge in [0.05, 0.1) is 45.2 Å². The number of para-hydroxylation sites is 4. The first-order valence-electron chi connectivity index (χ1n) is 46.9. The lowest BCUT2D eigenvalue weighted by atomic mass is 9.80. The molecule has 3 aliphatic rings. The summed E-state index contributed by atoms with van der Waals surface area (Å²) in [7, 11) is 0. The van der Waals surface area contributed by atoms with E-state index in [0.717, 1.165) is 157 Å². The molecule has 0 bridgehead atoms. The predicted molar refractivity (Wildman–Crippen MR) is 566 cm³/mol. The number of thiophene rings is 1. The van der Waals surface area contributed by atoms with Crippen molar-refractivity contribution in [3.05, 3.63) is 459 Å². The molecule has 0 amide bonds. The van der Waals surface area contributed by atoms with E-state index in [4.69, 9.17) is 34.3 Å². The van der Waals surface area contributed by atoms with Crippen molar-refractivity contribution in [3.8, 4) is 163 Å². The van der Waals surface area contributed by atoms with Crippen LogP contribution in [0.2, 0.25) is 0 Å². The van der Waals surface area contributed by atoms with Crippen LogP contribution in [0.4, 0.5) is 0 Å². The van der Waals surface area contributed by atoms with Gasteiger partial charge >= 0.3 is 0 Å². The maximum atomic E-state index is 6.39. The molecule has 27 rings (SSSR count). The zero-order valence-electron chi connectivity index (χ0n) is 76.7. The second-order valence-electron chi connectivity index (χ2n) is 37.5. The zero-order valence-corrected chi connectivity index (χ0v) is 77.5. The van der Waals surface area contributed by atoms with E-state index in [-0.39, 0.29) is 16.2 Å². The molecule has 9 heterocycles. The van der Waals surface area contributed by atoms with Crippen molar-refractivity contribution in [1.82, 2.24) is 49.4 Å². The van der Waals surface area contributed by atoms with Gasteiger partial charge in [0.25, 0.3) is 0 Å². The van der Waals surface area contributed by atoms with Gasteiger partial charge in [-0.15, -0.1) is 11.3 Å². The van der Waals surface area contributed by atoms with Crippen LogP contribution in [0.15, 0.2) is 430 Å². The standard InChI is InChI=1S/C42H30N4.C42H29N3O.C42H29N3S/c1-42(2)35-15-6-3-14-34(35)40-38(42)39(29-20-18-27(19-21-29)28-22-24-43-25-23-28)44-41(45-40)30-10-9-11-31(26-30)46-36-16-7-4-12-32(36)33-13-5-8-17-37(33)46;2*1-42(2)35-17-5-3-14-34(35)39-37(42)38(27-21-19-26(20-22-27)30-12-9-23-43-25-30)44-41(45-39)29-11-7-10-28(24-29)31-15-8-16-33-32-13-4-6-18-36(32)46-40(31)33/h3-26H,1-2H3;2*3-25H,1-2H3. The number of hydrogen-bond donors (Lipinski definition) is 0. The van der Waals surface area contributed by atoms with Gasteiger partial charge in [-0.05, 0) is 140 Å². The lowest BCUT2D eigenvalue weighted by Gasteiger charge is -2.24. The highest BCUT2D eigenvalue weighted by atomic mass is 32.1. The van der Waals surface area contributed by atoms with Crippen molar-refractivity contribution < 1.29 is 4.42 Å². The lowest BCUT2D eigenvalue weighted by molar-refractivity contribution is 0.657. The molecule has 0 radical (unpaired) electrons. The van der Waals surface area contributed by atoms with Crippen LogP contribution in [0.1, 0.15) is 74.9 Å². The molecule has 3 aliphatic carbocycles. The first-order chi connectivity index (χ1) is 67.7. The lowest BCUT2D eigenvalue weighted by Crippen LogP contribution is -2.17. The van der Waals surface area contributed by atoms with Crippen LogP contribution in [-0.2, 0) is 16.2 Å². The van der Waals surface area contributed by atoms with Gasteiger partial charge in [0.2, 0.25) is 0 Å². The highest BCUT2D eigenvalue weighted by molar-refractivity contribution is 7.26. The Morgan fingerprint density at radius 2 is 0.594 bits per heavy atom. The molecule has 0 aliphatic heterocycles. The van der Waals surface area contributed by atoms with Crippen LogP contribution >= 0.6 is 11.3 Å². The van der Waals surface area contributed by atoms with Crippen LogP contribution in [-0.4, -0.2) is 49.4 Å². The first-order valence-corrected chi connectivity index (χ1v) is 47.7. The number of rotatable bonds is 12. The normalized spacial score (nSPS) is 13.2. The number of nitrogens with zero attached hydrogens (tertiary/aromatic N) is 10. The molecule has 0 fully saturated rings. The number of fused-ring (bicyclic) bond motifs is 18. The fourth-order valence-electron chi connectivity index (χ4n) is 21.5. The Hall–Kier alpha value is -17.2. The van der Waals surface area contributed by atoms with E-state index < -0.39 is 0 Å². The number of pyridine rings is 3. The maximum absolute atomic E-state index is 6.39. The largest absolute Gasteiger partial charge is 0.455 e. The Kier molecular flexibility index (Phi) is 19.9. The highest BCUT2D eigenvalue weighted by Gasteiger charge is 2.44. The number of benzene rings is 15. The summed E-state index contributed by atoms with van der Waals surface area (Å²) in [5.41, 5.74) is 38.8. The number of furan rings is 1. The summed E-state index contributed by atoms with van der Waals surface area (Å²) in [5.74, 6) is 2.17. The van der Waals surface area contributed by atoms with Gasteiger partial charge in [0.1, 0.15) is 11.2 Å². The summed E-state index contributed by atoms with van der Waals surface area (Å²) in [5, 5.41) is 7.33. The molecule has 0 N–H and O–H groups in total. The van der Waals surface area contributed by atoms with Crippen molar-refractivity contribution in [2.75, 3.05) is 0 Å². The molecule has 11 nitrogen and oxygen atoms in total. The third kappa shape index (κ3) is 14.0. The van der Waals surface area contributed by atoms with E-state index in [9.17, 15) is 0 Å². The van der Waals surface area contributed by atoms with E-state index >= 15 is 0 Å². The van der Waals surface area contributed by atoms with Gasteiger partial charge in [0.15, 0.2) is 17.5 Å². The van der Waals surface area contributed by atoms with Crippen LogP contribution in [0.5, 0.6) is 0 Å². The smallest absolute Gasteiger partial charge is 0.160 e. The van der Waals surface area contributed by atoms with Crippen LogP contribution < -0.4 is 0 Å². The third-order valence-electron chi connectivity index (χ3n) is 28.3. The number of aromatic nitrogens is 10. The van der Waals surface area contributed by atoms with E-state index in [0.29, 0.717) is 5.82 Å². The molecule has 24 aromatic rings. The van der Waals surface area contributed by atoms with E-state index in [2.05, 4.69) is 413 Å². The summed E-state index contributed by atoms with van der Waals surface area (Å²) in [6.45, 7) is 13.7. The average molecular weight is 1790 g/mol. The predicted octanol–water partition coefficient (Wildman–Crippen LogP) is 32.2. The summed E-state index contributed by atoms with van der Waals surface area (Å²) >= 11 is 1.86. The Balaban J connectivity index is 0.000000110. The maximum Gasteiger partial charge on any atom is 0.160 e. The van der Waals surface area contributed by atoms with Gasteiger partial charge in [-0.2, -0.15) is 0 Å². The third-order valence-corrected chi connectivity index (χ3v) is 29.5. The molecular formula is C126H88N10OS. The van der Waals surface area contributed by atoms with Gasteiger partial charge in [0, 0.05) is 173 Å². The molecular weight excluding hydrogens is 1700 g/mol. The van der Waals surface area contributed by atoms with Crippen molar-refractivity contribution in [3.63, 3.8) is 0 Å². The Morgan fingerprint density at radius 1 is 0.239 bits per heavy atom. The number of hydrogen-bond acceptors (Lipinski definition) is 11. The molecule has 15 aromatic carbocycles. The van der Waals surface area contributed by atoms with E-state index in [1.807, 2.05) is 72.5 Å². The van der Waals surface area contributed by atoms with Crippen molar-refractivity contribution in [2.24, 2.45) is 0 Å². The highest BCUT2D eigenvalue weighted by Crippen LogP contribution is 2.56. The summed E-state index contributed by atoms with van der Waals surface area (Å²) in [6, 6.07) is 137. The summed E-state index contributed by atoms with van der Waals surface area (Å²) in [4.78, 5) is 44.9. The zero-order chi connectivity index (χ0) is 92.5. The molecule has 0 spiro atoms.